The lowest BCUT2D eigenvalue weighted by atomic mass is 10.2. The molecule has 0 radical (unpaired) electrons. The van der Waals surface area contributed by atoms with Gasteiger partial charge < -0.3 is 8.83 Å². The highest BCUT2D eigenvalue weighted by molar-refractivity contribution is 7.98. The van der Waals surface area contributed by atoms with Crippen LogP contribution in [0.25, 0.3) is 22.4 Å². The Kier molecular flexibility index (Phi) is 5.55. The van der Waals surface area contributed by atoms with Gasteiger partial charge in [-0.3, -0.25) is 9.36 Å². The number of benzene rings is 2. The standard InChI is InChI=1S/C23H15ClFN3O3S/c24-15-6-7-19-20(10-15)27-23(28(22(19)29)11-18-5-2-8-30-18)32-13-17-12-31-21(26-17)14-3-1-4-16(25)9-14/h1-10,12H,11,13H2. The highest BCUT2D eigenvalue weighted by atomic mass is 35.5. The predicted octanol–water partition coefficient (Wildman–Crippen LogP) is 5.78. The number of furan rings is 1. The van der Waals surface area contributed by atoms with E-state index < -0.39 is 0 Å². The van der Waals surface area contributed by atoms with Crippen molar-refractivity contribution in [1.82, 2.24) is 14.5 Å². The van der Waals surface area contributed by atoms with Crippen LogP contribution in [0, 0.1) is 5.82 Å². The molecule has 5 aromatic rings. The summed E-state index contributed by atoms with van der Waals surface area (Å²) in [4.78, 5) is 22.3. The molecule has 0 N–H and O–H groups in total. The van der Waals surface area contributed by atoms with Gasteiger partial charge in [-0.15, -0.1) is 0 Å². The fourth-order valence-corrected chi connectivity index (χ4v) is 4.29. The molecule has 5 rings (SSSR count). The van der Waals surface area contributed by atoms with Crippen LogP contribution in [0.5, 0.6) is 0 Å². The van der Waals surface area contributed by atoms with Crippen LogP contribution in [0.3, 0.4) is 0 Å². The smallest absolute Gasteiger partial charge is 0.262 e. The predicted molar refractivity (Wildman–Crippen MR) is 120 cm³/mol. The summed E-state index contributed by atoms with van der Waals surface area (Å²) in [6.45, 7) is 0.243. The molecule has 0 aliphatic heterocycles. The molecule has 0 aliphatic carbocycles. The monoisotopic (exact) mass is 467 g/mol. The Hall–Kier alpha value is -3.36. The summed E-state index contributed by atoms with van der Waals surface area (Å²) in [5.74, 6) is 0.998. The van der Waals surface area contributed by atoms with Crippen LogP contribution in [0.1, 0.15) is 11.5 Å². The average Bonchev–Trinajstić information content (AvgIpc) is 3.46. The number of hydrogen-bond acceptors (Lipinski definition) is 6. The van der Waals surface area contributed by atoms with Crippen LogP contribution >= 0.6 is 23.4 Å². The van der Waals surface area contributed by atoms with Crippen molar-refractivity contribution >= 4 is 34.3 Å². The summed E-state index contributed by atoms with van der Waals surface area (Å²) < 4.78 is 26.0. The quantitative estimate of drug-likeness (QED) is 0.233. The highest BCUT2D eigenvalue weighted by Crippen LogP contribution is 2.26. The van der Waals surface area contributed by atoms with E-state index in [4.69, 9.17) is 20.4 Å². The van der Waals surface area contributed by atoms with Gasteiger partial charge in [-0.25, -0.2) is 14.4 Å². The minimum atomic E-state index is -0.363. The van der Waals surface area contributed by atoms with E-state index in [2.05, 4.69) is 9.97 Å². The first kappa shape index (κ1) is 20.5. The molecule has 0 aliphatic rings. The first-order valence-corrected chi connectivity index (χ1v) is 11.0. The van der Waals surface area contributed by atoms with Gasteiger partial charge >= 0.3 is 0 Å². The van der Waals surface area contributed by atoms with Gasteiger partial charge in [0.1, 0.15) is 17.8 Å². The van der Waals surface area contributed by atoms with E-state index in [1.165, 1.54) is 30.2 Å². The third-order valence-corrected chi connectivity index (χ3v) is 5.99. The molecule has 9 heteroatoms. The Bertz CT molecular complexity index is 1460. The number of rotatable bonds is 6. The molecule has 0 bridgehead atoms. The number of hydrogen-bond donors (Lipinski definition) is 0. The summed E-state index contributed by atoms with van der Waals surface area (Å²) in [6, 6.07) is 14.6. The van der Waals surface area contributed by atoms with Gasteiger partial charge in [0, 0.05) is 16.3 Å². The van der Waals surface area contributed by atoms with Crippen molar-refractivity contribution in [2.75, 3.05) is 0 Å². The van der Waals surface area contributed by atoms with Crippen LogP contribution in [0.4, 0.5) is 4.39 Å². The van der Waals surface area contributed by atoms with E-state index in [1.54, 1.807) is 53.3 Å². The van der Waals surface area contributed by atoms with E-state index >= 15 is 0 Å². The Balaban J connectivity index is 1.47. The van der Waals surface area contributed by atoms with E-state index in [-0.39, 0.29) is 17.9 Å². The fourth-order valence-electron chi connectivity index (χ4n) is 3.25. The fraction of sp³-hybridized carbons (Fsp3) is 0.0870. The highest BCUT2D eigenvalue weighted by Gasteiger charge is 2.15. The summed E-state index contributed by atoms with van der Waals surface area (Å²) in [5, 5.41) is 1.47. The number of nitrogens with zero attached hydrogens (tertiary/aromatic N) is 3. The van der Waals surface area contributed by atoms with E-state index in [9.17, 15) is 9.18 Å². The molecular formula is C23H15ClFN3O3S. The maximum atomic E-state index is 13.5. The van der Waals surface area contributed by atoms with Crippen LogP contribution < -0.4 is 5.56 Å². The Morgan fingerprint density at radius 1 is 1.06 bits per heavy atom. The first-order chi connectivity index (χ1) is 15.6. The number of aromatic nitrogens is 3. The van der Waals surface area contributed by atoms with Crippen LogP contribution in [-0.4, -0.2) is 14.5 Å². The van der Waals surface area contributed by atoms with Gasteiger partial charge in [-0.2, -0.15) is 0 Å². The first-order valence-electron chi connectivity index (χ1n) is 9.62. The third-order valence-electron chi connectivity index (χ3n) is 4.75. The lowest BCUT2D eigenvalue weighted by Gasteiger charge is -2.11. The molecule has 160 valence electrons. The van der Waals surface area contributed by atoms with Crippen LogP contribution in [0.15, 0.2) is 85.9 Å². The average molecular weight is 468 g/mol. The lowest BCUT2D eigenvalue weighted by molar-refractivity contribution is 0.476. The Labute approximate surface area is 190 Å². The number of oxazole rings is 1. The van der Waals surface area contributed by atoms with E-state index in [0.29, 0.717) is 49.7 Å². The van der Waals surface area contributed by atoms with E-state index in [0.717, 1.165) is 0 Å². The van der Waals surface area contributed by atoms with Crippen molar-refractivity contribution in [3.05, 3.63) is 99.8 Å². The molecule has 0 saturated heterocycles. The topological polar surface area (TPSA) is 74.1 Å². The Morgan fingerprint density at radius 3 is 2.78 bits per heavy atom. The normalized spacial score (nSPS) is 11.3. The molecule has 2 aromatic carbocycles. The molecule has 0 amide bonds. The summed E-state index contributed by atoms with van der Waals surface area (Å²) in [6.07, 6.45) is 3.07. The molecule has 0 fully saturated rings. The third kappa shape index (κ3) is 4.19. The minimum Gasteiger partial charge on any atom is -0.467 e. The molecule has 32 heavy (non-hydrogen) atoms. The molecule has 0 atom stereocenters. The van der Waals surface area contributed by atoms with E-state index in [1.807, 2.05) is 0 Å². The maximum absolute atomic E-state index is 13.5. The van der Waals surface area contributed by atoms with Crippen molar-refractivity contribution in [2.45, 2.75) is 17.5 Å². The second-order valence-corrected chi connectivity index (χ2v) is 8.35. The molecule has 0 saturated carbocycles. The van der Waals surface area contributed by atoms with Gasteiger partial charge in [0.15, 0.2) is 5.16 Å². The van der Waals surface area contributed by atoms with Gasteiger partial charge in [-0.1, -0.05) is 29.4 Å². The van der Waals surface area contributed by atoms with Crippen LogP contribution in [-0.2, 0) is 12.3 Å². The van der Waals surface area contributed by atoms with Crippen molar-refractivity contribution in [3.8, 4) is 11.5 Å². The van der Waals surface area contributed by atoms with Crippen molar-refractivity contribution in [3.63, 3.8) is 0 Å². The van der Waals surface area contributed by atoms with Gasteiger partial charge in [0.05, 0.1) is 29.4 Å². The second-order valence-electron chi connectivity index (χ2n) is 6.97. The van der Waals surface area contributed by atoms with Gasteiger partial charge in [0.25, 0.3) is 5.56 Å². The number of halogens is 2. The number of fused-ring (bicyclic) bond motifs is 1. The van der Waals surface area contributed by atoms with Crippen molar-refractivity contribution in [1.29, 1.82) is 0 Å². The summed E-state index contributed by atoms with van der Waals surface area (Å²) >= 11 is 7.44. The second kappa shape index (κ2) is 8.64. The molecule has 3 aromatic heterocycles. The molecule has 0 unspecified atom stereocenters. The molecular weight excluding hydrogens is 453 g/mol. The zero-order chi connectivity index (χ0) is 22.1. The summed E-state index contributed by atoms with van der Waals surface area (Å²) in [7, 11) is 0. The maximum Gasteiger partial charge on any atom is 0.262 e. The molecule has 6 nitrogen and oxygen atoms in total. The largest absolute Gasteiger partial charge is 0.467 e. The zero-order valence-corrected chi connectivity index (χ0v) is 18.1. The van der Waals surface area contributed by atoms with Crippen molar-refractivity contribution < 1.29 is 13.2 Å². The van der Waals surface area contributed by atoms with Gasteiger partial charge in [0.2, 0.25) is 5.89 Å². The lowest BCUT2D eigenvalue weighted by Crippen LogP contribution is -2.23. The SMILES string of the molecule is O=c1c2ccc(Cl)cc2nc(SCc2coc(-c3cccc(F)c3)n2)n1Cc1ccco1. The molecule has 0 spiro atoms. The van der Waals surface area contributed by atoms with Crippen molar-refractivity contribution in [2.24, 2.45) is 0 Å². The van der Waals surface area contributed by atoms with Gasteiger partial charge in [-0.05, 0) is 48.5 Å². The summed E-state index contributed by atoms with van der Waals surface area (Å²) in [5.41, 5.74) is 1.51. The number of thioether (sulfide) groups is 1. The zero-order valence-electron chi connectivity index (χ0n) is 16.5. The molecule has 3 heterocycles. The Morgan fingerprint density at radius 2 is 1.97 bits per heavy atom. The minimum absolute atomic E-state index is 0.189. The van der Waals surface area contributed by atoms with Crippen LogP contribution in [0.2, 0.25) is 5.02 Å².